The predicted molar refractivity (Wildman–Crippen MR) is 66.1 cm³/mol. The smallest absolute Gasteiger partial charge is 0.339 e. The SMILES string of the molecule is COc1ccc2c3c(c(=O)oc2c1)CCC(=O)C3. The van der Waals surface area contributed by atoms with Crippen LogP contribution in [0.25, 0.3) is 11.0 Å². The molecule has 0 N–H and O–H groups in total. The summed E-state index contributed by atoms with van der Waals surface area (Å²) in [5.41, 5.74) is 1.61. The topological polar surface area (TPSA) is 56.5 Å². The Labute approximate surface area is 103 Å². The number of fused-ring (bicyclic) bond motifs is 3. The van der Waals surface area contributed by atoms with Gasteiger partial charge in [-0.1, -0.05) is 0 Å². The van der Waals surface area contributed by atoms with E-state index in [1.165, 1.54) is 0 Å². The first-order valence-electron chi connectivity index (χ1n) is 5.83. The van der Waals surface area contributed by atoms with Gasteiger partial charge in [0.1, 0.15) is 17.1 Å². The molecule has 18 heavy (non-hydrogen) atoms. The number of carbonyl (C=O) groups is 1. The van der Waals surface area contributed by atoms with Crippen molar-refractivity contribution in [2.75, 3.05) is 7.11 Å². The van der Waals surface area contributed by atoms with Gasteiger partial charge in [0.25, 0.3) is 0 Å². The molecular weight excluding hydrogens is 232 g/mol. The van der Waals surface area contributed by atoms with Crippen LogP contribution in [-0.2, 0) is 17.6 Å². The monoisotopic (exact) mass is 244 g/mol. The minimum atomic E-state index is -0.335. The Morgan fingerprint density at radius 3 is 2.78 bits per heavy atom. The summed E-state index contributed by atoms with van der Waals surface area (Å²) in [5.74, 6) is 0.804. The summed E-state index contributed by atoms with van der Waals surface area (Å²) >= 11 is 0. The van der Waals surface area contributed by atoms with Crippen molar-refractivity contribution in [3.63, 3.8) is 0 Å². The van der Waals surface area contributed by atoms with E-state index in [0.29, 0.717) is 36.2 Å². The van der Waals surface area contributed by atoms with Crippen LogP contribution in [0.1, 0.15) is 17.5 Å². The molecule has 0 unspecified atom stereocenters. The zero-order valence-corrected chi connectivity index (χ0v) is 9.99. The third kappa shape index (κ3) is 1.61. The van der Waals surface area contributed by atoms with E-state index in [4.69, 9.17) is 9.15 Å². The Balaban J connectivity index is 2.33. The number of Topliss-reactive ketones (excluding diaryl/α,β-unsaturated/α-hetero) is 1. The molecule has 0 radical (unpaired) electrons. The second-order valence-electron chi connectivity index (χ2n) is 4.42. The Hall–Kier alpha value is -2.10. The second-order valence-corrected chi connectivity index (χ2v) is 4.42. The van der Waals surface area contributed by atoms with Crippen molar-refractivity contribution in [3.8, 4) is 5.75 Å². The van der Waals surface area contributed by atoms with E-state index in [2.05, 4.69) is 0 Å². The molecule has 92 valence electrons. The molecule has 0 atom stereocenters. The highest BCUT2D eigenvalue weighted by atomic mass is 16.5. The van der Waals surface area contributed by atoms with Crippen LogP contribution in [0.4, 0.5) is 0 Å². The highest BCUT2D eigenvalue weighted by molar-refractivity contribution is 5.91. The fourth-order valence-electron chi connectivity index (χ4n) is 2.42. The number of benzene rings is 1. The maximum absolute atomic E-state index is 11.9. The van der Waals surface area contributed by atoms with Gasteiger partial charge in [0.05, 0.1) is 7.11 Å². The second kappa shape index (κ2) is 3.98. The number of rotatable bonds is 1. The molecule has 0 amide bonds. The molecule has 4 nitrogen and oxygen atoms in total. The molecule has 0 saturated carbocycles. The summed E-state index contributed by atoms with van der Waals surface area (Å²) in [4.78, 5) is 23.4. The zero-order valence-electron chi connectivity index (χ0n) is 9.99. The number of methoxy groups -OCH3 is 1. The molecule has 2 aromatic rings. The van der Waals surface area contributed by atoms with Crippen LogP contribution in [0.15, 0.2) is 27.4 Å². The van der Waals surface area contributed by atoms with Crippen LogP contribution in [0.5, 0.6) is 5.75 Å². The summed E-state index contributed by atoms with van der Waals surface area (Å²) in [5, 5.41) is 0.832. The largest absolute Gasteiger partial charge is 0.497 e. The van der Waals surface area contributed by atoms with Crippen molar-refractivity contribution < 1.29 is 13.9 Å². The first-order valence-corrected chi connectivity index (χ1v) is 5.83. The maximum Gasteiger partial charge on any atom is 0.339 e. The highest BCUT2D eigenvalue weighted by Gasteiger charge is 2.22. The van der Waals surface area contributed by atoms with Gasteiger partial charge in [-0.15, -0.1) is 0 Å². The third-order valence-electron chi connectivity index (χ3n) is 3.36. The molecule has 1 aromatic heterocycles. The molecular formula is C14H12O4. The fraction of sp³-hybridized carbons (Fsp3) is 0.286. The molecule has 4 heteroatoms. The van der Waals surface area contributed by atoms with E-state index in [0.717, 1.165) is 10.9 Å². The lowest BCUT2D eigenvalue weighted by molar-refractivity contribution is -0.118. The first kappa shape index (κ1) is 11.0. The average molecular weight is 244 g/mol. The van der Waals surface area contributed by atoms with Crippen LogP contribution in [0.2, 0.25) is 0 Å². The molecule has 1 aromatic carbocycles. The molecule has 1 aliphatic rings. The quantitative estimate of drug-likeness (QED) is 0.718. The van der Waals surface area contributed by atoms with E-state index in [-0.39, 0.29) is 11.4 Å². The zero-order chi connectivity index (χ0) is 12.7. The van der Waals surface area contributed by atoms with Crippen LogP contribution in [0, 0.1) is 0 Å². The molecule has 1 heterocycles. The van der Waals surface area contributed by atoms with Crippen LogP contribution in [0.3, 0.4) is 0 Å². The van der Waals surface area contributed by atoms with Crippen molar-refractivity contribution in [1.82, 2.24) is 0 Å². The predicted octanol–water partition coefficient (Wildman–Crippen LogP) is 1.86. The lowest BCUT2D eigenvalue weighted by Gasteiger charge is -2.15. The van der Waals surface area contributed by atoms with Crippen molar-refractivity contribution in [2.24, 2.45) is 0 Å². The summed E-state index contributed by atoms with van der Waals surface area (Å²) < 4.78 is 10.4. The Morgan fingerprint density at radius 2 is 2.00 bits per heavy atom. The van der Waals surface area contributed by atoms with E-state index >= 15 is 0 Å². The number of carbonyl (C=O) groups excluding carboxylic acids is 1. The molecule has 0 spiro atoms. The van der Waals surface area contributed by atoms with Gasteiger partial charge in [0.15, 0.2) is 0 Å². The van der Waals surface area contributed by atoms with E-state index < -0.39 is 0 Å². The molecule has 0 aliphatic heterocycles. The lowest BCUT2D eigenvalue weighted by Crippen LogP contribution is -2.21. The Morgan fingerprint density at radius 1 is 1.17 bits per heavy atom. The first-order chi connectivity index (χ1) is 8.69. The molecule has 1 aliphatic carbocycles. The van der Waals surface area contributed by atoms with Gasteiger partial charge in [-0.05, 0) is 24.1 Å². The van der Waals surface area contributed by atoms with Crippen molar-refractivity contribution in [3.05, 3.63) is 39.7 Å². The molecule has 0 bridgehead atoms. The number of hydrogen-bond acceptors (Lipinski definition) is 4. The third-order valence-corrected chi connectivity index (χ3v) is 3.36. The van der Waals surface area contributed by atoms with E-state index in [1.54, 1.807) is 13.2 Å². The minimum Gasteiger partial charge on any atom is -0.497 e. The minimum absolute atomic E-state index is 0.171. The summed E-state index contributed by atoms with van der Waals surface area (Å²) in [7, 11) is 1.56. The van der Waals surface area contributed by atoms with Gasteiger partial charge in [-0.25, -0.2) is 4.79 Å². The molecule has 3 rings (SSSR count). The van der Waals surface area contributed by atoms with Crippen molar-refractivity contribution >= 4 is 16.8 Å². The van der Waals surface area contributed by atoms with Gasteiger partial charge in [-0.3, -0.25) is 4.79 Å². The number of ketones is 1. The van der Waals surface area contributed by atoms with Gasteiger partial charge in [0, 0.05) is 29.9 Å². The fourth-order valence-corrected chi connectivity index (χ4v) is 2.42. The van der Waals surface area contributed by atoms with Crippen LogP contribution in [-0.4, -0.2) is 12.9 Å². The summed E-state index contributed by atoms with van der Waals surface area (Å²) in [6.07, 6.45) is 1.24. The summed E-state index contributed by atoms with van der Waals surface area (Å²) in [6, 6.07) is 5.33. The highest BCUT2D eigenvalue weighted by Crippen LogP contribution is 2.27. The molecule has 0 saturated heterocycles. The lowest BCUT2D eigenvalue weighted by atomic mass is 9.90. The number of hydrogen-bond donors (Lipinski definition) is 0. The van der Waals surface area contributed by atoms with Crippen molar-refractivity contribution in [1.29, 1.82) is 0 Å². The number of ether oxygens (including phenoxy) is 1. The van der Waals surface area contributed by atoms with Gasteiger partial charge < -0.3 is 9.15 Å². The normalized spacial score (nSPS) is 14.6. The standard InChI is InChI=1S/C14H12O4/c1-17-9-3-5-10-12-6-8(15)2-4-11(12)14(16)18-13(10)7-9/h3,5,7H,2,4,6H2,1H3. The average Bonchev–Trinajstić information content (AvgIpc) is 2.38. The van der Waals surface area contributed by atoms with Crippen LogP contribution >= 0.6 is 0 Å². The summed E-state index contributed by atoms with van der Waals surface area (Å²) in [6.45, 7) is 0. The Bertz CT molecular complexity index is 697. The van der Waals surface area contributed by atoms with E-state index in [1.807, 2.05) is 12.1 Å². The van der Waals surface area contributed by atoms with Gasteiger partial charge in [0.2, 0.25) is 0 Å². The van der Waals surface area contributed by atoms with Crippen molar-refractivity contribution in [2.45, 2.75) is 19.3 Å². The van der Waals surface area contributed by atoms with Crippen LogP contribution < -0.4 is 10.4 Å². The Kier molecular flexibility index (Phi) is 2.44. The van der Waals surface area contributed by atoms with Gasteiger partial charge in [-0.2, -0.15) is 0 Å². The maximum atomic E-state index is 11.9. The molecule has 0 fully saturated rings. The van der Waals surface area contributed by atoms with E-state index in [9.17, 15) is 9.59 Å². The van der Waals surface area contributed by atoms with Gasteiger partial charge >= 0.3 is 5.63 Å².